The Morgan fingerprint density at radius 3 is 2.42 bits per heavy atom. The molecule has 166 valence electrons. The zero-order valence-electron chi connectivity index (χ0n) is 17.5. The highest BCUT2D eigenvalue weighted by Gasteiger charge is 2.36. The van der Waals surface area contributed by atoms with Crippen molar-refractivity contribution in [1.82, 2.24) is 19.9 Å². The van der Waals surface area contributed by atoms with Gasteiger partial charge >= 0.3 is 6.18 Å². The molecule has 0 radical (unpaired) electrons. The van der Waals surface area contributed by atoms with Crippen molar-refractivity contribution in [2.24, 2.45) is 0 Å². The van der Waals surface area contributed by atoms with Crippen LogP contribution < -0.4 is 14.8 Å². The lowest BCUT2D eigenvalue weighted by Crippen LogP contribution is -2.39. The van der Waals surface area contributed by atoms with E-state index in [1.807, 2.05) is 20.8 Å². The number of halogens is 3. The predicted molar refractivity (Wildman–Crippen MR) is 111 cm³/mol. The van der Waals surface area contributed by atoms with Gasteiger partial charge in [0.25, 0.3) is 0 Å². The number of carbonyl (C=O) groups excluding carboxylic acids is 1. The summed E-state index contributed by atoms with van der Waals surface area (Å²) >= 11 is 0.421. The Balaban J connectivity index is 2.14. The number of ether oxygens (including phenoxy) is 2. The molecule has 0 bridgehead atoms. The van der Waals surface area contributed by atoms with E-state index in [9.17, 15) is 18.0 Å². The van der Waals surface area contributed by atoms with Gasteiger partial charge in [-0.3, -0.25) is 4.79 Å². The van der Waals surface area contributed by atoms with E-state index in [0.29, 0.717) is 34.1 Å². The summed E-state index contributed by atoms with van der Waals surface area (Å²) < 4.78 is 51.0. The van der Waals surface area contributed by atoms with Gasteiger partial charge in [-0.15, -0.1) is 5.10 Å². The van der Waals surface area contributed by atoms with Crippen LogP contribution in [0.3, 0.4) is 0 Å². The van der Waals surface area contributed by atoms with Crippen LogP contribution >= 0.6 is 11.3 Å². The minimum absolute atomic E-state index is 0.0491. The molecule has 2 aromatic heterocycles. The van der Waals surface area contributed by atoms with Crippen LogP contribution in [0, 0.1) is 0 Å². The molecule has 0 fully saturated rings. The van der Waals surface area contributed by atoms with Gasteiger partial charge in [0.15, 0.2) is 11.5 Å². The van der Waals surface area contributed by atoms with Crippen molar-refractivity contribution in [3.63, 3.8) is 0 Å². The number of amides is 1. The molecule has 7 nitrogen and oxygen atoms in total. The molecular formula is C20H21F3N4O3S. The van der Waals surface area contributed by atoms with E-state index in [0.717, 1.165) is 4.52 Å². The van der Waals surface area contributed by atoms with Crippen molar-refractivity contribution >= 4 is 28.3 Å². The van der Waals surface area contributed by atoms with E-state index >= 15 is 0 Å². The number of methoxy groups -OCH3 is 2. The molecule has 11 heteroatoms. The third-order valence-electron chi connectivity index (χ3n) is 4.03. The second-order valence-electron chi connectivity index (χ2n) is 7.59. The lowest BCUT2D eigenvalue weighted by atomic mass is 10.1. The maximum absolute atomic E-state index is 13.1. The van der Waals surface area contributed by atoms with Crippen LogP contribution in [0.25, 0.3) is 22.3 Å². The predicted octanol–water partition coefficient (Wildman–Crippen LogP) is 4.42. The second kappa shape index (κ2) is 8.22. The number of alkyl halides is 3. The normalized spacial score (nSPS) is 12.5. The van der Waals surface area contributed by atoms with Crippen molar-refractivity contribution in [1.29, 1.82) is 0 Å². The fourth-order valence-electron chi connectivity index (χ4n) is 2.79. The second-order valence-corrected chi connectivity index (χ2v) is 8.54. The summed E-state index contributed by atoms with van der Waals surface area (Å²) in [6.07, 6.45) is -1.96. The van der Waals surface area contributed by atoms with Gasteiger partial charge in [0.05, 0.1) is 25.6 Å². The number of rotatable bonds is 5. The number of imidazole rings is 1. The van der Waals surface area contributed by atoms with Gasteiger partial charge in [0.2, 0.25) is 15.9 Å². The fourth-order valence-corrected chi connectivity index (χ4v) is 3.56. The van der Waals surface area contributed by atoms with Gasteiger partial charge in [-0.1, -0.05) is 11.3 Å². The van der Waals surface area contributed by atoms with Gasteiger partial charge in [0, 0.05) is 17.2 Å². The molecule has 1 N–H and O–H groups in total. The maximum Gasteiger partial charge on any atom is 0.445 e. The molecule has 1 amide bonds. The smallest absolute Gasteiger partial charge is 0.445 e. The van der Waals surface area contributed by atoms with E-state index in [4.69, 9.17) is 9.47 Å². The van der Waals surface area contributed by atoms with E-state index in [-0.39, 0.29) is 10.7 Å². The molecule has 2 heterocycles. The number of hydrogen-bond donors (Lipinski definition) is 1. The van der Waals surface area contributed by atoms with Crippen molar-refractivity contribution < 1.29 is 27.4 Å². The fraction of sp³-hybridized carbons (Fsp3) is 0.350. The number of nitrogens with one attached hydrogen (secondary N) is 1. The molecular weight excluding hydrogens is 433 g/mol. The van der Waals surface area contributed by atoms with E-state index < -0.39 is 22.6 Å². The lowest BCUT2D eigenvalue weighted by Gasteiger charge is -2.18. The van der Waals surface area contributed by atoms with Gasteiger partial charge in [-0.2, -0.15) is 13.2 Å². The Labute approximate surface area is 180 Å². The van der Waals surface area contributed by atoms with Gasteiger partial charge in [-0.25, -0.2) is 9.50 Å². The van der Waals surface area contributed by atoms with Crippen LogP contribution in [0.15, 0.2) is 24.3 Å². The van der Waals surface area contributed by atoms with Crippen LogP contribution in [-0.4, -0.2) is 40.3 Å². The summed E-state index contributed by atoms with van der Waals surface area (Å²) in [5, 5.41) is 5.40. The van der Waals surface area contributed by atoms with E-state index in [1.165, 1.54) is 26.4 Å². The van der Waals surface area contributed by atoms with E-state index in [2.05, 4.69) is 15.4 Å². The van der Waals surface area contributed by atoms with Gasteiger partial charge in [-0.05, 0) is 45.0 Å². The summed E-state index contributed by atoms with van der Waals surface area (Å²) in [7, 11) is 2.97. The van der Waals surface area contributed by atoms with Crippen LogP contribution in [0.4, 0.5) is 13.2 Å². The largest absolute Gasteiger partial charge is 0.493 e. The van der Waals surface area contributed by atoms with Crippen LogP contribution in [0.5, 0.6) is 11.5 Å². The molecule has 0 aliphatic heterocycles. The number of fused-ring (bicyclic) bond motifs is 1. The summed E-state index contributed by atoms with van der Waals surface area (Å²) in [4.78, 5) is 16.6. The first-order chi connectivity index (χ1) is 14.4. The molecule has 0 saturated heterocycles. The quantitative estimate of drug-likeness (QED) is 0.578. The SMILES string of the molecule is COc1ccc(-c2nc3sc(C(F)(F)F)nn3c2C=CC(=O)NC(C)(C)C)cc1OC. The lowest BCUT2D eigenvalue weighted by molar-refractivity contribution is -0.138. The number of nitrogens with zero attached hydrogens (tertiary/aromatic N) is 3. The van der Waals surface area contributed by atoms with Crippen LogP contribution in [0.1, 0.15) is 31.5 Å². The van der Waals surface area contributed by atoms with Gasteiger partial charge in [0.1, 0.15) is 0 Å². The van der Waals surface area contributed by atoms with Crippen LogP contribution in [-0.2, 0) is 11.0 Å². The molecule has 0 spiro atoms. The maximum atomic E-state index is 13.1. The van der Waals surface area contributed by atoms with Crippen molar-refractivity contribution in [3.8, 4) is 22.8 Å². The number of benzene rings is 1. The van der Waals surface area contributed by atoms with Crippen molar-refractivity contribution in [2.45, 2.75) is 32.5 Å². The topological polar surface area (TPSA) is 77.8 Å². The zero-order chi connectivity index (χ0) is 23.0. The Hall–Kier alpha value is -3.08. The summed E-state index contributed by atoms with van der Waals surface area (Å²) in [5.41, 5.74) is 0.691. The van der Waals surface area contributed by atoms with Crippen molar-refractivity contribution in [2.75, 3.05) is 14.2 Å². The molecule has 0 unspecified atom stereocenters. The molecule has 31 heavy (non-hydrogen) atoms. The number of carbonyl (C=O) groups is 1. The van der Waals surface area contributed by atoms with E-state index in [1.54, 1.807) is 18.2 Å². The zero-order valence-corrected chi connectivity index (χ0v) is 18.3. The Morgan fingerprint density at radius 2 is 1.84 bits per heavy atom. The average molecular weight is 454 g/mol. The Kier molecular flexibility index (Phi) is 5.99. The van der Waals surface area contributed by atoms with Crippen molar-refractivity contribution in [3.05, 3.63) is 35.0 Å². The highest BCUT2D eigenvalue weighted by molar-refractivity contribution is 7.16. The molecule has 0 aliphatic rings. The first-order valence-electron chi connectivity index (χ1n) is 9.12. The molecule has 0 atom stereocenters. The highest BCUT2D eigenvalue weighted by atomic mass is 32.1. The molecule has 0 saturated carbocycles. The van der Waals surface area contributed by atoms with Gasteiger partial charge < -0.3 is 14.8 Å². The first kappa shape index (κ1) is 22.6. The third kappa shape index (κ3) is 4.98. The first-order valence-corrected chi connectivity index (χ1v) is 9.94. The minimum atomic E-state index is -4.60. The molecule has 1 aromatic carbocycles. The summed E-state index contributed by atoms with van der Waals surface area (Å²) in [5.74, 6) is 0.527. The molecule has 0 aliphatic carbocycles. The minimum Gasteiger partial charge on any atom is -0.493 e. The molecule has 3 rings (SSSR count). The number of hydrogen-bond acceptors (Lipinski definition) is 6. The average Bonchev–Trinajstić information content (AvgIpc) is 3.22. The third-order valence-corrected chi connectivity index (χ3v) is 4.98. The number of aromatic nitrogens is 3. The summed E-state index contributed by atoms with van der Waals surface area (Å²) in [6, 6.07) is 5.02. The summed E-state index contributed by atoms with van der Waals surface area (Å²) in [6.45, 7) is 5.46. The Bertz CT molecular complexity index is 1140. The monoisotopic (exact) mass is 454 g/mol. The standard InChI is InChI=1S/C20H21F3N4O3S/c1-19(2,3)25-15(28)9-7-12-16(11-6-8-13(29-4)14(10-11)30-5)24-18-27(12)26-17(31-18)20(21,22)23/h6-10H,1-5H3,(H,25,28). The van der Waals surface area contributed by atoms with Crippen LogP contribution in [0.2, 0.25) is 0 Å². The highest BCUT2D eigenvalue weighted by Crippen LogP contribution is 2.37. The Morgan fingerprint density at radius 1 is 1.16 bits per heavy atom. The molecule has 3 aromatic rings.